The molecule has 2 aromatic rings. The van der Waals surface area contributed by atoms with Gasteiger partial charge < -0.3 is 20.1 Å². The molecule has 0 aliphatic heterocycles. The van der Waals surface area contributed by atoms with Crippen LogP contribution in [0.2, 0.25) is 0 Å². The minimum absolute atomic E-state index is 0. The first-order valence-electron chi connectivity index (χ1n) is 7.53. The van der Waals surface area contributed by atoms with E-state index >= 15 is 0 Å². The van der Waals surface area contributed by atoms with Crippen molar-refractivity contribution in [3.05, 3.63) is 54.0 Å². The molecule has 0 fully saturated rings. The van der Waals surface area contributed by atoms with E-state index in [0.29, 0.717) is 37.3 Å². The SMILES string of the molecule is CN=C(NCCOC)NCc1ccc(Oc2cccc(F)c2)nc1.I. The van der Waals surface area contributed by atoms with Crippen molar-refractivity contribution in [1.82, 2.24) is 15.6 Å². The van der Waals surface area contributed by atoms with Crippen molar-refractivity contribution in [1.29, 1.82) is 0 Å². The van der Waals surface area contributed by atoms with Gasteiger partial charge in [0.1, 0.15) is 11.6 Å². The fraction of sp³-hybridized carbons (Fsp3) is 0.294. The van der Waals surface area contributed by atoms with Crippen molar-refractivity contribution < 1.29 is 13.9 Å². The van der Waals surface area contributed by atoms with Gasteiger partial charge in [-0.25, -0.2) is 9.37 Å². The summed E-state index contributed by atoms with van der Waals surface area (Å²) in [5.74, 6) is 1.16. The Bertz CT molecular complexity index is 668. The van der Waals surface area contributed by atoms with E-state index in [0.717, 1.165) is 5.56 Å². The van der Waals surface area contributed by atoms with Gasteiger partial charge >= 0.3 is 0 Å². The molecule has 0 amide bonds. The normalized spacial score (nSPS) is 10.8. The number of hydrogen-bond donors (Lipinski definition) is 2. The molecule has 1 heterocycles. The molecule has 0 atom stereocenters. The molecule has 0 saturated carbocycles. The van der Waals surface area contributed by atoms with Crippen LogP contribution in [0.5, 0.6) is 11.6 Å². The van der Waals surface area contributed by atoms with Crippen molar-refractivity contribution in [3.63, 3.8) is 0 Å². The zero-order valence-electron chi connectivity index (χ0n) is 14.2. The number of nitrogens with one attached hydrogen (secondary N) is 2. The van der Waals surface area contributed by atoms with Crippen LogP contribution in [0.3, 0.4) is 0 Å². The number of aromatic nitrogens is 1. The first-order chi connectivity index (χ1) is 11.7. The second kappa shape index (κ2) is 11.6. The van der Waals surface area contributed by atoms with Crippen molar-refractivity contribution in [2.45, 2.75) is 6.54 Å². The lowest BCUT2D eigenvalue weighted by Gasteiger charge is -2.11. The van der Waals surface area contributed by atoms with Gasteiger partial charge in [0.15, 0.2) is 5.96 Å². The Hall–Kier alpha value is -1.94. The summed E-state index contributed by atoms with van der Waals surface area (Å²) in [5, 5.41) is 6.30. The van der Waals surface area contributed by atoms with Gasteiger partial charge in [-0.05, 0) is 17.7 Å². The highest BCUT2D eigenvalue weighted by molar-refractivity contribution is 14.0. The van der Waals surface area contributed by atoms with Gasteiger partial charge in [0.2, 0.25) is 5.88 Å². The van der Waals surface area contributed by atoms with Crippen LogP contribution in [0.15, 0.2) is 47.6 Å². The average molecular weight is 460 g/mol. The molecule has 0 radical (unpaired) electrons. The Labute approximate surface area is 163 Å². The smallest absolute Gasteiger partial charge is 0.219 e. The number of ether oxygens (including phenoxy) is 2. The maximum absolute atomic E-state index is 13.1. The highest BCUT2D eigenvalue weighted by Crippen LogP contribution is 2.19. The fourth-order valence-corrected chi connectivity index (χ4v) is 1.90. The van der Waals surface area contributed by atoms with Gasteiger partial charge in [-0.15, -0.1) is 24.0 Å². The summed E-state index contributed by atoms with van der Waals surface area (Å²) in [4.78, 5) is 8.33. The summed E-state index contributed by atoms with van der Waals surface area (Å²) < 4.78 is 23.6. The number of rotatable bonds is 7. The summed E-state index contributed by atoms with van der Waals surface area (Å²) in [6.45, 7) is 1.85. The van der Waals surface area contributed by atoms with E-state index in [1.54, 1.807) is 38.6 Å². The summed E-state index contributed by atoms with van der Waals surface area (Å²) in [6.07, 6.45) is 1.70. The third-order valence-electron chi connectivity index (χ3n) is 3.10. The molecule has 1 aromatic heterocycles. The molecule has 0 unspecified atom stereocenters. The number of benzene rings is 1. The summed E-state index contributed by atoms with van der Waals surface area (Å²) >= 11 is 0. The third kappa shape index (κ3) is 7.65. The number of halogens is 2. The van der Waals surface area contributed by atoms with Gasteiger partial charge in [0, 0.05) is 45.6 Å². The number of aliphatic imine (C=N–C) groups is 1. The molecule has 0 aliphatic rings. The molecule has 2 rings (SSSR count). The molecule has 136 valence electrons. The van der Waals surface area contributed by atoms with Crippen LogP contribution in [-0.2, 0) is 11.3 Å². The fourth-order valence-electron chi connectivity index (χ4n) is 1.90. The van der Waals surface area contributed by atoms with E-state index in [2.05, 4.69) is 20.6 Å². The first-order valence-corrected chi connectivity index (χ1v) is 7.53. The molecule has 8 heteroatoms. The van der Waals surface area contributed by atoms with Crippen LogP contribution in [0.25, 0.3) is 0 Å². The number of guanidine groups is 1. The van der Waals surface area contributed by atoms with Gasteiger partial charge in [0.25, 0.3) is 0 Å². The van der Waals surface area contributed by atoms with Crippen molar-refractivity contribution in [2.24, 2.45) is 4.99 Å². The van der Waals surface area contributed by atoms with Crippen LogP contribution in [0.4, 0.5) is 4.39 Å². The van der Waals surface area contributed by atoms with Gasteiger partial charge in [0.05, 0.1) is 6.61 Å². The van der Waals surface area contributed by atoms with E-state index in [1.807, 2.05) is 6.07 Å². The largest absolute Gasteiger partial charge is 0.439 e. The van der Waals surface area contributed by atoms with Crippen molar-refractivity contribution in [2.75, 3.05) is 27.3 Å². The lowest BCUT2D eigenvalue weighted by atomic mass is 10.3. The summed E-state index contributed by atoms with van der Waals surface area (Å²) in [7, 11) is 3.35. The molecular weight excluding hydrogens is 438 g/mol. The van der Waals surface area contributed by atoms with Crippen LogP contribution in [-0.4, -0.2) is 38.3 Å². The van der Waals surface area contributed by atoms with Gasteiger partial charge in [-0.3, -0.25) is 4.99 Å². The summed E-state index contributed by atoms with van der Waals surface area (Å²) in [5.41, 5.74) is 0.969. The Morgan fingerprint density at radius 2 is 2.08 bits per heavy atom. The predicted octanol–water partition coefficient (Wildman–Crippen LogP) is 2.94. The van der Waals surface area contributed by atoms with E-state index < -0.39 is 0 Å². The molecule has 0 saturated heterocycles. The lowest BCUT2D eigenvalue weighted by molar-refractivity contribution is 0.203. The second-order valence-electron chi connectivity index (χ2n) is 4.91. The lowest BCUT2D eigenvalue weighted by Crippen LogP contribution is -2.38. The molecule has 25 heavy (non-hydrogen) atoms. The zero-order valence-corrected chi connectivity index (χ0v) is 16.5. The average Bonchev–Trinajstić information content (AvgIpc) is 2.59. The highest BCUT2D eigenvalue weighted by atomic mass is 127. The molecule has 6 nitrogen and oxygen atoms in total. The van der Waals surface area contributed by atoms with E-state index in [4.69, 9.17) is 9.47 Å². The maximum atomic E-state index is 13.1. The van der Waals surface area contributed by atoms with Crippen LogP contribution in [0.1, 0.15) is 5.56 Å². The predicted molar refractivity (Wildman–Crippen MR) is 106 cm³/mol. The maximum Gasteiger partial charge on any atom is 0.219 e. The molecular formula is C17H22FIN4O2. The second-order valence-corrected chi connectivity index (χ2v) is 4.91. The third-order valence-corrected chi connectivity index (χ3v) is 3.10. The number of methoxy groups -OCH3 is 1. The molecule has 0 spiro atoms. The Kier molecular flexibility index (Phi) is 9.78. The standard InChI is InChI=1S/C17H21FN4O2.HI/c1-19-17(20-8-9-23-2)22-12-13-6-7-16(21-11-13)24-15-5-3-4-14(18)10-15;/h3-7,10-11H,8-9,12H2,1-2H3,(H2,19,20,22);1H. The van der Waals surface area contributed by atoms with Crippen LogP contribution < -0.4 is 15.4 Å². The quantitative estimate of drug-likeness (QED) is 0.288. The van der Waals surface area contributed by atoms with Crippen molar-refractivity contribution >= 4 is 29.9 Å². The highest BCUT2D eigenvalue weighted by Gasteiger charge is 2.02. The monoisotopic (exact) mass is 460 g/mol. The first kappa shape index (κ1) is 21.1. The van der Waals surface area contributed by atoms with Crippen LogP contribution >= 0.6 is 24.0 Å². The molecule has 0 aliphatic carbocycles. The number of nitrogens with zero attached hydrogens (tertiary/aromatic N) is 2. The Morgan fingerprint density at radius 1 is 1.24 bits per heavy atom. The molecule has 2 N–H and O–H groups in total. The van der Waals surface area contributed by atoms with E-state index in [9.17, 15) is 4.39 Å². The Balaban J connectivity index is 0.00000312. The minimum Gasteiger partial charge on any atom is -0.439 e. The van der Waals surface area contributed by atoms with E-state index in [-0.39, 0.29) is 29.8 Å². The van der Waals surface area contributed by atoms with E-state index in [1.165, 1.54) is 12.1 Å². The van der Waals surface area contributed by atoms with Crippen LogP contribution in [0, 0.1) is 5.82 Å². The minimum atomic E-state index is -0.347. The molecule has 1 aromatic carbocycles. The number of hydrogen-bond acceptors (Lipinski definition) is 4. The zero-order chi connectivity index (χ0) is 17.2. The summed E-state index contributed by atoms with van der Waals surface area (Å²) in [6, 6.07) is 9.57. The molecule has 0 bridgehead atoms. The van der Waals surface area contributed by atoms with Crippen molar-refractivity contribution in [3.8, 4) is 11.6 Å². The number of pyridine rings is 1. The van der Waals surface area contributed by atoms with Gasteiger partial charge in [-0.1, -0.05) is 12.1 Å². The Morgan fingerprint density at radius 3 is 2.72 bits per heavy atom. The van der Waals surface area contributed by atoms with Gasteiger partial charge in [-0.2, -0.15) is 0 Å². The topological polar surface area (TPSA) is 67.8 Å².